The number of esters is 2. The number of carbonyl (C=O) groups is 2. The van der Waals surface area contributed by atoms with Crippen LogP contribution in [0.3, 0.4) is 0 Å². The van der Waals surface area contributed by atoms with Crippen molar-refractivity contribution in [1.29, 1.82) is 0 Å². The highest BCUT2D eigenvalue weighted by Gasteiger charge is 2.51. The van der Waals surface area contributed by atoms with Crippen molar-refractivity contribution >= 4 is 11.9 Å². The van der Waals surface area contributed by atoms with E-state index in [4.69, 9.17) is 18.9 Å². The summed E-state index contributed by atoms with van der Waals surface area (Å²) in [6.07, 6.45) is 1.25. The summed E-state index contributed by atoms with van der Waals surface area (Å²) in [5, 5.41) is 0. The van der Waals surface area contributed by atoms with Crippen LogP contribution in [0.1, 0.15) is 68.2 Å². The van der Waals surface area contributed by atoms with Crippen LogP contribution in [-0.4, -0.2) is 51.6 Å². The van der Waals surface area contributed by atoms with E-state index in [0.29, 0.717) is 63.6 Å². The molecule has 0 aliphatic carbocycles. The number of carbonyl (C=O) groups excluding carboxylic acids is 2. The van der Waals surface area contributed by atoms with Gasteiger partial charge in [-0.2, -0.15) is 0 Å². The van der Waals surface area contributed by atoms with Gasteiger partial charge in [-0.25, -0.2) is 9.59 Å². The number of hydrogen-bond donors (Lipinski definition) is 0. The van der Waals surface area contributed by atoms with Gasteiger partial charge in [0.05, 0.1) is 26.4 Å². The summed E-state index contributed by atoms with van der Waals surface area (Å²) < 4.78 is 22.4. The molecular weight excluding hydrogens is 396 g/mol. The molecule has 0 spiro atoms. The standard InChI is InChI=1S/C25H44O6/c1-19(2)21(26)30-15-11-13-28-17-25(23(5,6)7,24(8,9)10)18-29-14-12-16-31-22(27)20(3)4/h1,3,11-18H2,2,4-10H3. The van der Waals surface area contributed by atoms with E-state index >= 15 is 0 Å². The minimum atomic E-state index is -0.374. The highest BCUT2D eigenvalue weighted by atomic mass is 16.5. The van der Waals surface area contributed by atoms with E-state index in [1.54, 1.807) is 13.8 Å². The van der Waals surface area contributed by atoms with Crippen LogP contribution in [0.5, 0.6) is 0 Å². The van der Waals surface area contributed by atoms with Gasteiger partial charge in [0.15, 0.2) is 0 Å². The normalized spacial score (nSPS) is 12.4. The Morgan fingerprint density at radius 1 is 0.645 bits per heavy atom. The number of hydrogen-bond acceptors (Lipinski definition) is 6. The number of rotatable bonds is 14. The van der Waals surface area contributed by atoms with Gasteiger partial charge in [0.2, 0.25) is 0 Å². The lowest BCUT2D eigenvalue weighted by Crippen LogP contribution is -2.53. The molecule has 0 bridgehead atoms. The van der Waals surface area contributed by atoms with Gasteiger partial charge in [-0.15, -0.1) is 0 Å². The Kier molecular flexibility index (Phi) is 12.3. The van der Waals surface area contributed by atoms with Crippen LogP contribution in [0.4, 0.5) is 0 Å². The van der Waals surface area contributed by atoms with E-state index in [0.717, 1.165) is 0 Å². The fourth-order valence-corrected chi connectivity index (χ4v) is 3.42. The molecule has 0 saturated carbocycles. The molecule has 6 nitrogen and oxygen atoms in total. The third-order valence-corrected chi connectivity index (χ3v) is 5.60. The van der Waals surface area contributed by atoms with E-state index in [1.807, 2.05) is 0 Å². The SMILES string of the molecule is C=C(C)C(=O)OCCCOCC(COCCCOC(=O)C(=C)C)(C(C)(C)C)C(C)(C)C. The topological polar surface area (TPSA) is 71.1 Å². The molecule has 180 valence electrons. The average Bonchev–Trinajstić information content (AvgIpc) is 2.62. The Balaban J connectivity index is 4.76. The molecule has 31 heavy (non-hydrogen) atoms. The largest absolute Gasteiger partial charge is 0.462 e. The summed E-state index contributed by atoms with van der Waals surface area (Å²) in [6.45, 7) is 26.3. The fraction of sp³-hybridized carbons (Fsp3) is 0.760. The van der Waals surface area contributed by atoms with E-state index in [-0.39, 0.29) is 28.2 Å². The molecule has 6 heteroatoms. The van der Waals surface area contributed by atoms with Crippen LogP contribution in [0.15, 0.2) is 24.3 Å². The second-order valence-electron chi connectivity index (χ2n) is 10.2. The molecule has 0 aliphatic heterocycles. The van der Waals surface area contributed by atoms with Crippen LogP contribution >= 0.6 is 0 Å². The first-order chi connectivity index (χ1) is 14.2. The van der Waals surface area contributed by atoms with Crippen LogP contribution in [0.25, 0.3) is 0 Å². The van der Waals surface area contributed by atoms with Crippen LogP contribution < -0.4 is 0 Å². The minimum absolute atomic E-state index is 0.0793. The van der Waals surface area contributed by atoms with Gasteiger partial charge in [0.25, 0.3) is 0 Å². The molecule has 0 radical (unpaired) electrons. The smallest absolute Gasteiger partial charge is 0.333 e. The second kappa shape index (κ2) is 13.0. The summed E-state index contributed by atoms with van der Waals surface area (Å²) in [6, 6.07) is 0. The maximum atomic E-state index is 11.5. The molecular formula is C25H44O6. The molecule has 0 aromatic rings. The minimum Gasteiger partial charge on any atom is -0.462 e. The molecule has 0 heterocycles. The summed E-state index contributed by atoms with van der Waals surface area (Å²) in [5.41, 5.74) is 0.385. The molecule has 0 aromatic carbocycles. The molecule has 0 saturated heterocycles. The molecule has 0 amide bonds. The summed E-state index contributed by atoms with van der Waals surface area (Å²) in [5.74, 6) is -0.748. The molecule has 0 N–H and O–H groups in total. The molecule has 0 aliphatic rings. The van der Waals surface area contributed by atoms with Crippen molar-refractivity contribution in [3.63, 3.8) is 0 Å². The summed E-state index contributed by atoms with van der Waals surface area (Å²) in [4.78, 5) is 22.9. The first-order valence-corrected chi connectivity index (χ1v) is 11.0. The summed E-state index contributed by atoms with van der Waals surface area (Å²) >= 11 is 0. The lowest BCUT2D eigenvalue weighted by Gasteiger charge is -2.53. The molecule has 0 unspecified atom stereocenters. The Bertz CT molecular complexity index is 552. The van der Waals surface area contributed by atoms with E-state index in [2.05, 4.69) is 54.7 Å². The third-order valence-electron chi connectivity index (χ3n) is 5.60. The summed E-state index contributed by atoms with van der Waals surface area (Å²) in [7, 11) is 0. The van der Waals surface area contributed by atoms with Crippen LogP contribution in [0, 0.1) is 16.2 Å². The maximum absolute atomic E-state index is 11.5. The second-order valence-corrected chi connectivity index (χ2v) is 10.2. The van der Waals surface area contributed by atoms with Crippen molar-refractivity contribution < 1.29 is 28.5 Å². The lowest BCUT2D eigenvalue weighted by atomic mass is 9.55. The van der Waals surface area contributed by atoms with E-state index in [9.17, 15) is 9.59 Å². The van der Waals surface area contributed by atoms with Crippen LogP contribution in [0.2, 0.25) is 0 Å². The van der Waals surface area contributed by atoms with Gasteiger partial charge in [0.1, 0.15) is 0 Å². The molecule has 0 rings (SSSR count). The van der Waals surface area contributed by atoms with Crippen molar-refractivity contribution in [3.8, 4) is 0 Å². The zero-order valence-electron chi connectivity index (χ0n) is 21.0. The Morgan fingerprint density at radius 2 is 0.968 bits per heavy atom. The van der Waals surface area contributed by atoms with Crippen molar-refractivity contribution in [2.45, 2.75) is 68.2 Å². The van der Waals surface area contributed by atoms with Gasteiger partial charge in [-0.3, -0.25) is 0 Å². The highest BCUT2D eigenvalue weighted by Crippen LogP contribution is 2.52. The molecule has 0 fully saturated rings. The Labute approximate surface area is 189 Å². The Hall–Kier alpha value is -1.66. The van der Waals surface area contributed by atoms with E-state index < -0.39 is 0 Å². The first kappa shape index (κ1) is 29.3. The third kappa shape index (κ3) is 10.0. The zero-order chi connectivity index (χ0) is 24.3. The van der Waals surface area contributed by atoms with Crippen LogP contribution in [-0.2, 0) is 28.5 Å². The van der Waals surface area contributed by atoms with Gasteiger partial charge in [-0.1, -0.05) is 54.7 Å². The Morgan fingerprint density at radius 3 is 1.23 bits per heavy atom. The predicted octanol–water partition coefficient (Wildman–Crippen LogP) is 5.12. The highest BCUT2D eigenvalue weighted by molar-refractivity contribution is 5.87. The predicted molar refractivity (Wildman–Crippen MR) is 124 cm³/mol. The van der Waals surface area contributed by atoms with Crippen molar-refractivity contribution in [2.24, 2.45) is 16.2 Å². The van der Waals surface area contributed by atoms with Gasteiger partial charge in [-0.05, 0) is 24.7 Å². The van der Waals surface area contributed by atoms with Gasteiger partial charge < -0.3 is 18.9 Å². The monoisotopic (exact) mass is 440 g/mol. The molecule has 0 atom stereocenters. The lowest BCUT2D eigenvalue weighted by molar-refractivity contribution is -0.147. The maximum Gasteiger partial charge on any atom is 0.333 e. The van der Waals surface area contributed by atoms with Gasteiger partial charge >= 0.3 is 11.9 Å². The molecule has 0 aromatic heterocycles. The van der Waals surface area contributed by atoms with Crippen molar-refractivity contribution in [3.05, 3.63) is 24.3 Å². The average molecular weight is 441 g/mol. The number of ether oxygens (including phenoxy) is 4. The van der Waals surface area contributed by atoms with Crippen molar-refractivity contribution in [1.82, 2.24) is 0 Å². The van der Waals surface area contributed by atoms with Gasteiger partial charge in [0, 0.05) is 42.6 Å². The fourth-order valence-electron chi connectivity index (χ4n) is 3.42. The first-order valence-electron chi connectivity index (χ1n) is 11.0. The van der Waals surface area contributed by atoms with E-state index in [1.165, 1.54) is 0 Å². The quantitative estimate of drug-likeness (QED) is 0.212. The zero-order valence-corrected chi connectivity index (χ0v) is 21.0. The van der Waals surface area contributed by atoms with Crippen molar-refractivity contribution in [2.75, 3.05) is 39.6 Å².